The van der Waals surface area contributed by atoms with Gasteiger partial charge in [-0.3, -0.25) is 0 Å². The zero-order valence-corrected chi connectivity index (χ0v) is 34.6. The molecule has 8 atom stereocenters. The van der Waals surface area contributed by atoms with Crippen molar-refractivity contribution in [1.82, 2.24) is 0 Å². The number of aliphatic hydroxyl groups excluding tert-OH is 1. The lowest BCUT2D eigenvalue weighted by Gasteiger charge is -2.46. The van der Waals surface area contributed by atoms with Crippen molar-refractivity contribution in [2.24, 2.45) is 0 Å². The van der Waals surface area contributed by atoms with Crippen molar-refractivity contribution < 1.29 is 43.0 Å². The van der Waals surface area contributed by atoms with Crippen LogP contribution in [0.2, 0.25) is 0 Å². The van der Waals surface area contributed by atoms with Crippen molar-refractivity contribution in [3.8, 4) is 0 Å². The molecule has 0 unspecified atom stereocenters. The minimum Gasteiger partial charge on any atom is -0.386 e. The van der Waals surface area contributed by atoms with Crippen LogP contribution < -0.4 is 0 Å². The molecule has 2 heterocycles. The fraction of sp³-hybridized carbons (Fsp3) is 0.373. The number of benzene rings is 5. The van der Waals surface area contributed by atoms with Crippen LogP contribution in [-0.2, 0) is 70.9 Å². The van der Waals surface area contributed by atoms with Crippen molar-refractivity contribution in [1.29, 1.82) is 0 Å². The van der Waals surface area contributed by atoms with Crippen LogP contribution in [0.15, 0.2) is 164 Å². The Morgan fingerprint density at radius 1 is 0.583 bits per heavy atom. The van der Waals surface area contributed by atoms with E-state index in [0.717, 1.165) is 27.8 Å². The zero-order valence-electron chi connectivity index (χ0n) is 34.6. The van der Waals surface area contributed by atoms with Crippen LogP contribution in [0.4, 0.5) is 0 Å². The van der Waals surface area contributed by atoms with Gasteiger partial charge in [-0.05, 0) is 48.1 Å². The van der Waals surface area contributed by atoms with Gasteiger partial charge >= 0.3 is 0 Å². The molecule has 0 spiro atoms. The van der Waals surface area contributed by atoms with Crippen molar-refractivity contribution in [2.75, 3.05) is 13.2 Å². The first-order chi connectivity index (χ1) is 29.4. The van der Waals surface area contributed by atoms with Gasteiger partial charge in [0.1, 0.15) is 42.7 Å². The van der Waals surface area contributed by atoms with E-state index in [1.165, 1.54) is 0 Å². The normalized spacial score (nSPS) is 23.7. The van der Waals surface area contributed by atoms with Gasteiger partial charge in [-0.2, -0.15) is 0 Å². The van der Waals surface area contributed by atoms with Crippen molar-refractivity contribution in [2.45, 2.75) is 108 Å². The summed E-state index contributed by atoms with van der Waals surface area (Å²) in [5.41, 5.74) is 5.16. The minimum atomic E-state index is -0.999. The molecule has 60 heavy (non-hydrogen) atoms. The predicted molar refractivity (Wildman–Crippen MR) is 230 cm³/mol. The lowest BCUT2D eigenvalue weighted by Crippen LogP contribution is -2.61. The second kappa shape index (κ2) is 22.4. The molecule has 5 aromatic rings. The first kappa shape index (κ1) is 43.6. The van der Waals surface area contributed by atoms with Gasteiger partial charge in [-0.15, -0.1) is 0 Å². The third kappa shape index (κ3) is 13.0. The maximum absolute atomic E-state index is 11.7. The molecule has 0 aliphatic carbocycles. The van der Waals surface area contributed by atoms with Gasteiger partial charge in [0.15, 0.2) is 5.79 Å². The first-order valence-electron chi connectivity index (χ1n) is 21.0. The Kier molecular flexibility index (Phi) is 16.2. The van der Waals surface area contributed by atoms with Crippen molar-refractivity contribution in [3.05, 3.63) is 192 Å². The summed E-state index contributed by atoms with van der Waals surface area (Å²) in [6, 6.07) is 50.3. The predicted octanol–water partition coefficient (Wildman–Crippen LogP) is 8.77. The van der Waals surface area contributed by atoms with E-state index in [0.29, 0.717) is 46.1 Å². The Labute approximate surface area is 354 Å². The molecule has 7 rings (SSSR count). The monoisotopic (exact) mass is 814 g/mol. The highest BCUT2D eigenvalue weighted by Crippen LogP contribution is 2.33. The van der Waals surface area contributed by atoms with Crippen LogP contribution in [-0.4, -0.2) is 72.9 Å². The van der Waals surface area contributed by atoms with Crippen LogP contribution in [0.3, 0.4) is 0 Å². The summed E-state index contributed by atoms with van der Waals surface area (Å²) >= 11 is 0. The SMILES string of the molecule is CC1(C)OC[C@@H]([C@@H](OCc2ccccc2)[C@H](O)/C=C\C[C@H]2O[C@H](COCc3ccccc3)[C@@H](OCc3ccccc3)[C@H](OCc3ccccc3)[C@H]2OCc2ccccc2)O1. The molecule has 2 aliphatic rings. The highest BCUT2D eigenvalue weighted by molar-refractivity contribution is 5.17. The van der Waals surface area contributed by atoms with E-state index in [-0.39, 0.29) is 6.61 Å². The van der Waals surface area contributed by atoms with Crippen LogP contribution >= 0.6 is 0 Å². The highest BCUT2D eigenvalue weighted by Gasteiger charge is 2.48. The molecule has 0 bridgehead atoms. The molecule has 316 valence electrons. The fourth-order valence-corrected chi connectivity index (χ4v) is 7.61. The summed E-state index contributed by atoms with van der Waals surface area (Å²) in [5, 5.41) is 11.7. The van der Waals surface area contributed by atoms with E-state index in [2.05, 4.69) is 12.1 Å². The summed E-state index contributed by atoms with van der Waals surface area (Å²) in [5.74, 6) is -0.785. The van der Waals surface area contributed by atoms with Gasteiger partial charge in [0.25, 0.3) is 0 Å². The number of hydrogen-bond acceptors (Lipinski definition) is 9. The maximum atomic E-state index is 11.7. The standard InChI is InChI=1S/C51H58O9/c1-51(2)58-37-46(60-51)47(54-32-39-21-10-4-11-22-39)43(52)29-18-30-44-48(55-33-40-23-12-5-13-24-40)50(57-35-42-27-16-7-17-28-42)49(56-34-41-25-14-6-15-26-41)45(59-44)36-53-31-38-19-8-3-9-20-38/h3-29,43-50,52H,30-37H2,1-2H3/b29-18-/t43-,44-,45-,46+,47+,48+,49-,50-/m1/s1. The van der Waals surface area contributed by atoms with Gasteiger partial charge in [-0.1, -0.05) is 164 Å². The molecular weight excluding hydrogens is 757 g/mol. The molecule has 0 saturated carbocycles. The van der Waals surface area contributed by atoms with E-state index >= 15 is 0 Å². The van der Waals surface area contributed by atoms with Crippen molar-refractivity contribution >= 4 is 0 Å². The molecule has 0 aromatic heterocycles. The third-order valence-electron chi connectivity index (χ3n) is 10.7. The molecule has 2 aliphatic heterocycles. The molecule has 9 nitrogen and oxygen atoms in total. The number of rotatable bonds is 21. The van der Waals surface area contributed by atoms with E-state index < -0.39 is 54.6 Å². The Morgan fingerprint density at radius 2 is 1.02 bits per heavy atom. The molecule has 2 saturated heterocycles. The summed E-state index contributed by atoms with van der Waals surface area (Å²) in [6.45, 7) is 6.07. The Morgan fingerprint density at radius 3 is 1.48 bits per heavy atom. The minimum absolute atomic E-state index is 0.262. The molecule has 9 heteroatoms. The van der Waals surface area contributed by atoms with Crippen molar-refractivity contribution in [3.63, 3.8) is 0 Å². The van der Waals surface area contributed by atoms with Gasteiger partial charge in [-0.25, -0.2) is 0 Å². The van der Waals surface area contributed by atoms with Crippen LogP contribution in [0.5, 0.6) is 0 Å². The number of ether oxygens (including phenoxy) is 8. The van der Waals surface area contributed by atoms with Gasteiger partial charge < -0.3 is 43.0 Å². The molecule has 2 fully saturated rings. The maximum Gasteiger partial charge on any atom is 0.163 e. The van der Waals surface area contributed by atoms with E-state index in [1.807, 2.05) is 159 Å². The quantitative estimate of drug-likeness (QED) is 0.0730. The molecule has 1 N–H and O–H groups in total. The summed E-state index contributed by atoms with van der Waals surface area (Å²) in [4.78, 5) is 0. The summed E-state index contributed by atoms with van der Waals surface area (Å²) < 4.78 is 52.5. The van der Waals surface area contributed by atoms with Gasteiger partial charge in [0.05, 0.1) is 52.4 Å². The van der Waals surface area contributed by atoms with Gasteiger partial charge in [0, 0.05) is 0 Å². The summed E-state index contributed by atoms with van der Waals surface area (Å²) in [7, 11) is 0. The average molecular weight is 815 g/mol. The lowest BCUT2D eigenvalue weighted by molar-refractivity contribution is -0.271. The van der Waals surface area contributed by atoms with Crippen LogP contribution in [0.1, 0.15) is 48.1 Å². The highest BCUT2D eigenvalue weighted by atomic mass is 16.8. The van der Waals surface area contributed by atoms with Crippen LogP contribution in [0.25, 0.3) is 0 Å². The Hall–Kier alpha value is -4.52. The third-order valence-corrected chi connectivity index (χ3v) is 10.7. The fourth-order valence-electron chi connectivity index (χ4n) is 7.61. The molecule has 0 amide bonds. The Bertz CT molecular complexity index is 1960. The second-order valence-electron chi connectivity index (χ2n) is 15.8. The first-order valence-corrected chi connectivity index (χ1v) is 21.0. The van der Waals surface area contributed by atoms with Gasteiger partial charge in [0.2, 0.25) is 0 Å². The second-order valence-corrected chi connectivity index (χ2v) is 15.8. The molecule has 0 radical (unpaired) electrons. The molecule has 5 aromatic carbocycles. The lowest BCUT2D eigenvalue weighted by atomic mass is 9.92. The largest absolute Gasteiger partial charge is 0.386 e. The van der Waals surface area contributed by atoms with E-state index in [9.17, 15) is 5.11 Å². The van der Waals surface area contributed by atoms with E-state index in [4.69, 9.17) is 37.9 Å². The zero-order chi connectivity index (χ0) is 41.4. The average Bonchev–Trinajstić information content (AvgIpc) is 3.65. The smallest absolute Gasteiger partial charge is 0.163 e. The number of aliphatic hydroxyl groups is 1. The molecular formula is C51H58O9. The number of hydrogen-bond donors (Lipinski definition) is 1. The topological polar surface area (TPSA) is 94.1 Å². The Balaban J connectivity index is 1.16. The van der Waals surface area contributed by atoms with Crippen LogP contribution in [0, 0.1) is 0 Å². The summed E-state index contributed by atoms with van der Waals surface area (Å²) in [6.07, 6.45) is -0.696. The van der Waals surface area contributed by atoms with E-state index in [1.54, 1.807) is 6.08 Å².